The van der Waals surface area contributed by atoms with Gasteiger partial charge in [-0.15, -0.1) is 0 Å². The molecule has 0 unspecified atom stereocenters. The lowest BCUT2D eigenvalue weighted by molar-refractivity contribution is 0.294. The summed E-state index contributed by atoms with van der Waals surface area (Å²) < 4.78 is 5.72. The third-order valence-electron chi connectivity index (χ3n) is 3.87. The first kappa shape index (κ1) is 15.3. The Labute approximate surface area is 136 Å². The smallest absolute Gasteiger partial charge is 0.213 e. The van der Waals surface area contributed by atoms with Crippen molar-refractivity contribution in [1.29, 1.82) is 0 Å². The molecule has 3 heteroatoms. The van der Waals surface area contributed by atoms with Gasteiger partial charge in [-0.25, -0.2) is 4.98 Å². The number of rotatable bonds is 5. The topological polar surface area (TPSA) is 48.1 Å². The first-order chi connectivity index (χ1) is 11.3. The predicted octanol–water partition coefficient (Wildman–Crippen LogP) is 4.09. The van der Waals surface area contributed by atoms with Crippen LogP contribution in [0.1, 0.15) is 16.7 Å². The van der Waals surface area contributed by atoms with E-state index in [-0.39, 0.29) is 0 Å². The highest BCUT2D eigenvalue weighted by Gasteiger charge is 2.03. The SMILES string of the molecule is Cc1ccc(-c2ccc(OCc3ccccc3)nc2)cc1CN. The minimum atomic E-state index is 0.523. The van der Waals surface area contributed by atoms with Gasteiger partial charge in [-0.2, -0.15) is 0 Å². The molecule has 2 aromatic carbocycles. The zero-order valence-electron chi connectivity index (χ0n) is 13.2. The summed E-state index contributed by atoms with van der Waals surface area (Å²) in [7, 11) is 0. The number of nitrogens with two attached hydrogens (primary N) is 1. The van der Waals surface area contributed by atoms with Gasteiger partial charge in [0.15, 0.2) is 0 Å². The zero-order valence-corrected chi connectivity index (χ0v) is 13.2. The van der Waals surface area contributed by atoms with Gasteiger partial charge in [0.1, 0.15) is 6.61 Å². The summed E-state index contributed by atoms with van der Waals surface area (Å²) in [5.41, 5.74) is 11.5. The number of pyridine rings is 1. The summed E-state index contributed by atoms with van der Waals surface area (Å²) >= 11 is 0. The van der Waals surface area contributed by atoms with E-state index < -0.39 is 0 Å². The van der Waals surface area contributed by atoms with E-state index in [9.17, 15) is 0 Å². The van der Waals surface area contributed by atoms with Crippen LogP contribution in [0.2, 0.25) is 0 Å². The summed E-state index contributed by atoms with van der Waals surface area (Å²) in [6.07, 6.45) is 1.84. The average molecular weight is 304 g/mol. The van der Waals surface area contributed by atoms with E-state index in [4.69, 9.17) is 10.5 Å². The van der Waals surface area contributed by atoms with Crippen LogP contribution < -0.4 is 10.5 Å². The minimum Gasteiger partial charge on any atom is -0.473 e. The third-order valence-corrected chi connectivity index (χ3v) is 3.87. The molecule has 0 amide bonds. The normalized spacial score (nSPS) is 10.5. The number of hydrogen-bond donors (Lipinski definition) is 1. The third kappa shape index (κ3) is 3.76. The summed E-state index contributed by atoms with van der Waals surface area (Å²) in [6.45, 7) is 3.14. The lowest BCUT2D eigenvalue weighted by Gasteiger charge is -2.09. The van der Waals surface area contributed by atoms with Crippen LogP contribution in [-0.4, -0.2) is 4.98 Å². The largest absolute Gasteiger partial charge is 0.473 e. The second-order valence-corrected chi connectivity index (χ2v) is 5.50. The van der Waals surface area contributed by atoms with Crippen LogP contribution >= 0.6 is 0 Å². The molecule has 0 aliphatic carbocycles. The van der Waals surface area contributed by atoms with Crippen molar-refractivity contribution in [2.24, 2.45) is 5.73 Å². The minimum absolute atomic E-state index is 0.523. The van der Waals surface area contributed by atoms with Crippen molar-refractivity contribution in [3.8, 4) is 17.0 Å². The number of nitrogens with zero attached hydrogens (tertiary/aromatic N) is 1. The van der Waals surface area contributed by atoms with Crippen LogP contribution in [0.25, 0.3) is 11.1 Å². The highest BCUT2D eigenvalue weighted by atomic mass is 16.5. The number of aromatic nitrogens is 1. The molecule has 0 fully saturated rings. The fraction of sp³-hybridized carbons (Fsp3) is 0.150. The molecule has 0 atom stereocenters. The van der Waals surface area contributed by atoms with Crippen molar-refractivity contribution >= 4 is 0 Å². The van der Waals surface area contributed by atoms with E-state index >= 15 is 0 Å². The number of aryl methyl sites for hydroxylation is 1. The molecular formula is C20H20N2O. The second-order valence-electron chi connectivity index (χ2n) is 5.50. The molecule has 0 radical (unpaired) electrons. The summed E-state index contributed by atoms with van der Waals surface area (Å²) in [5, 5.41) is 0. The van der Waals surface area contributed by atoms with Gasteiger partial charge in [-0.1, -0.05) is 42.5 Å². The Balaban J connectivity index is 1.72. The van der Waals surface area contributed by atoms with Crippen LogP contribution in [0.5, 0.6) is 5.88 Å². The first-order valence-corrected chi connectivity index (χ1v) is 7.69. The molecule has 3 nitrogen and oxygen atoms in total. The van der Waals surface area contributed by atoms with Gasteiger partial charge in [0, 0.05) is 24.4 Å². The summed E-state index contributed by atoms with van der Waals surface area (Å²) in [4.78, 5) is 4.39. The van der Waals surface area contributed by atoms with Gasteiger partial charge in [0.05, 0.1) is 0 Å². The van der Waals surface area contributed by atoms with Gasteiger partial charge in [-0.3, -0.25) is 0 Å². The maximum absolute atomic E-state index is 5.78. The second kappa shape index (κ2) is 7.07. The Morgan fingerprint density at radius 2 is 1.74 bits per heavy atom. The molecule has 2 N–H and O–H groups in total. The summed E-state index contributed by atoms with van der Waals surface area (Å²) in [5.74, 6) is 0.628. The van der Waals surface area contributed by atoms with Gasteiger partial charge in [-0.05, 0) is 41.3 Å². The fourth-order valence-corrected chi connectivity index (χ4v) is 2.44. The molecule has 0 aliphatic rings. The molecule has 23 heavy (non-hydrogen) atoms. The van der Waals surface area contributed by atoms with Crippen molar-refractivity contribution < 1.29 is 4.74 Å². The Morgan fingerprint density at radius 3 is 2.43 bits per heavy atom. The van der Waals surface area contributed by atoms with Crippen molar-refractivity contribution in [3.63, 3.8) is 0 Å². The maximum Gasteiger partial charge on any atom is 0.213 e. The highest BCUT2D eigenvalue weighted by molar-refractivity contribution is 5.64. The molecule has 0 spiro atoms. The first-order valence-electron chi connectivity index (χ1n) is 7.69. The quantitative estimate of drug-likeness (QED) is 0.772. The predicted molar refractivity (Wildman–Crippen MR) is 93.1 cm³/mol. The van der Waals surface area contributed by atoms with E-state index in [0.717, 1.165) is 22.3 Å². The summed E-state index contributed by atoms with van der Waals surface area (Å²) in [6, 6.07) is 20.3. The van der Waals surface area contributed by atoms with Crippen molar-refractivity contribution in [2.75, 3.05) is 0 Å². The Morgan fingerprint density at radius 1 is 0.957 bits per heavy atom. The Kier molecular flexibility index (Phi) is 4.69. The molecule has 1 aromatic heterocycles. The standard InChI is InChI=1S/C20H20N2O/c1-15-7-8-17(11-19(15)12-21)18-9-10-20(22-13-18)23-14-16-5-3-2-4-6-16/h2-11,13H,12,14,21H2,1H3. The molecular weight excluding hydrogens is 284 g/mol. The Hall–Kier alpha value is -2.65. The molecule has 3 rings (SSSR count). The van der Waals surface area contributed by atoms with Crippen LogP contribution in [0.4, 0.5) is 0 Å². The lowest BCUT2D eigenvalue weighted by Crippen LogP contribution is -1.99. The number of benzene rings is 2. The molecule has 3 aromatic rings. The number of ether oxygens (including phenoxy) is 1. The van der Waals surface area contributed by atoms with E-state index in [1.165, 1.54) is 5.56 Å². The van der Waals surface area contributed by atoms with E-state index in [2.05, 4.69) is 30.1 Å². The van der Waals surface area contributed by atoms with E-state index in [1.807, 2.05) is 48.7 Å². The van der Waals surface area contributed by atoms with Crippen molar-refractivity contribution in [3.05, 3.63) is 83.6 Å². The molecule has 0 saturated heterocycles. The van der Waals surface area contributed by atoms with Gasteiger partial charge in [0.25, 0.3) is 0 Å². The monoisotopic (exact) mass is 304 g/mol. The molecule has 0 saturated carbocycles. The lowest BCUT2D eigenvalue weighted by atomic mass is 10.0. The maximum atomic E-state index is 5.78. The van der Waals surface area contributed by atoms with Crippen LogP contribution in [0, 0.1) is 6.92 Å². The molecule has 1 heterocycles. The average Bonchev–Trinajstić information content (AvgIpc) is 2.62. The van der Waals surface area contributed by atoms with Gasteiger partial charge >= 0.3 is 0 Å². The van der Waals surface area contributed by atoms with Gasteiger partial charge < -0.3 is 10.5 Å². The molecule has 0 bridgehead atoms. The van der Waals surface area contributed by atoms with E-state index in [0.29, 0.717) is 19.0 Å². The van der Waals surface area contributed by atoms with Gasteiger partial charge in [0.2, 0.25) is 5.88 Å². The van der Waals surface area contributed by atoms with E-state index in [1.54, 1.807) is 0 Å². The number of hydrogen-bond acceptors (Lipinski definition) is 3. The van der Waals surface area contributed by atoms with Crippen LogP contribution in [-0.2, 0) is 13.2 Å². The Bertz CT molecular complexity index is 767. The molecule has 0 aliphatic heterocycles. The van der Waals surface area contributed by atoms with Crippen LogP contribution in [0.15, 0.2) is 66.9 Å². The van der Waals surface area contributed by atoms with Crippen LogP contribution in [0.3, 0.4) is 0 Å². The fourth-order valence-electron chi connectivity index (χ4n) is 2.44. The molecule has 116 valence electrons. The highest BCUT2D eigenvalue weighted by Crippen LogP contribution is 2.23. The van der Waals surface area contributed by atoms with Crippen molar-refractivity contribution in [1.82, 2.24) is 4.98 Å². The van der Waals surface area contributed by atoms with Crippen molar-refractivity contribution in [2.45, 2.75) is 20.1 Å². The zero-order chi connectivity index (χ0) is 16.1.